The van der Waals surface area contributed by atoms with E-state index < -0.39 is 17.7 Å². The Kier molecular flexibility index (Phi) is 6.54. The van der Waals surface area contributed by atoms with Crippen LogP contribution < -0.4 is 15.0 Å². The van der Waals surface area contributed by atoms with Gasteiger partial charge in [0.15, 0.2) is 0 Å². The molecule has 2 aromatic rings. The molecule has 0 aliphatic carbocycles. The molecule has 0 aliphatic rings. The number of ether oxygens (including phenoxy) is 3. The van der Waals surface area contributed by atoms with Crippen molar-refractivity contribution < 1.29 is 23.8 Å². The molecule has 8 heteroatoms. The van der Waals surface area contributed by atoms with Gasteiger partial charge >= 0.3 is 12.1 Å². The molecule has 1 amide bonds. The van der Waals surface area contributed by atoms with Crippen molar-refractivity contribution in [2.24, 2.45) is 0 Å². The van der Waals surface area contributed by atoms with Crippen LogP contribution in [0.25, 0.3) is 10.1 Å². The SMILES string of the molecule is COC(=O)c1sc2ccc(OC)cc2c1N(C)CCNC(=O)OC(C)(C)C. The zero-order valence-electron chi connectivity index (χ0n) is 16.5. The number of benzene rings is 1. The molecule has 27 heavy (non-hydrogen) atoms. The minimum absolute atomic E-state index is 0.368. The summed E-state index contributed by atoms with van der Waals surface area (Å²) in [6.07, 6.45) is -0.471. The van der Waals surface area contributed by atoms with Gasteiger partial charge in [0.1, 0.15) is 16.2 Å². The van der Waals surface area contributed by atoms with Crippen molar-refractivity contribution in [3.8, 4) is 5.75 Å². The molecular weight excluding hydrogens is 368 g/mol. The lowest BCUT2D eigenvalue weighted by Gasteiger charge is -2.22. The second-order valence-corrected chi connectivity index (χ2v) is 8.04. The summed E-state index contributed by atoms with van der Waals surface area (Å²) in [5.41, 5.74) is 0.209. The summed E-state index contributed by atoms with van der Waals surface area (Å²) < 4.78 is 16.4. The Balaban J connectivity index is 2.21. The quantitative estimate of drug-likeness (QED) is 0.754. The van der Waals surface area contributed by atoms with E-state index in [1.165, 1.54) is 18.4 Å². The number of rotatable bonds is 6. The number of amides is 1. The standard InChI is InChI=1S/C19H26N2O5S/c1-19(2,3)26-18(23)20-9-10-21(4)15-13-11-12(24-5)7-8-14(13)27-16(15)17(22)25-6/h7-8,11H,9-10H2,1-6H3,(H,20,23). The molecule has 1 aromatic carbocycles. The fourth-order valence-electron chi connectivity index (χ4n) is 2.55. The van der Waals surface area contributed by atoms with E-state index in [2.05, 4.69) is 5.32 Å². The minimum Gasteiger partial charge on any atom is -0.497 e. The van der Waals surface area contributed by atoms with E-state index in [9.17, 15) is 9.59 Å². The van der Waals surface area contributed by atoms with E-state index >= 15 is 0 Å². The van der Waals surface area contributed by atoms with Gasteiger partial charge in [-0.05, 0) is 39.0 Å². The first-order chi connectivity index (χ1) is 12.7. The summed E-state index contributed by atoms with van der Waals surface area (Å²) in [5, 5.41) is 3.63. The Morgan fingerprint density at radius 2 is 1.93 bits per heavy atom. The number of alkyl carbamates (subject to hydrolysis) is 1. The molecule has 0 radical (unpaired) electrons. The van der Waals surface area contributed by atoms with Gasteiger partial charge in [-0.25, -0.2) is 9.59 Å². The van der Waals surface area contributed by atoms with E-state index in [0.29, 0.717) is 23.7 Å². The van der Waals surface area contributed by atoms with Gasteiger partial charge in [0, 0.05) is 30.2 Å². The van der Waals surface area contributed by atoms with Gasteiger partial charge in [-0.2, -0.15) is 0 Å². The van der Waals surface area contributed by atoms with Crippen LogP contribution in [0.15, 0.2) is 18.2 Å². The van der Waals surface area contributed by atoms with Crippen LogP contribution in [0.5, 0.6) is 5.75 Å². The van der Waals surface area contributed by atoms with E-state index in [1.807, 2.05) is 50.9 Å². The molecule has 148 valence electrons. The van der Waals surface area contributed by atoms with Gasteiger partial charge in [-0.1, -0.05) is 0 Å². The van der Waals surface area contributed by atoms with E-state index in [1.54, 1.807) is 7.11 Å². The number of carbonyl (C=O) groups excluding carboxylic acids is 2. The lowest BCUT2D eigenvalue weighted by molar-refractivity contribution is 0.0527. The van der Waals surface area contributed by atoms with Crippen LogP contribution in [0.4, 0.5) is 10.5 Å². The monoisotopic (exact) mass is 394 g/mol. The molecule has 1 heterocycles. The van der Waals surface area contributed by atoms with Gasteiger partial charge in [-0.3, -0.25) is 0 Å². The molecule has 1 N–H and O–H groups in total. The third-order valence-electron chi connectivity index (χ3n) is 3.74. The number of esters is 1. The smallest absolute Gasteiger partial charge is 0.407 e. The molecule has 7 nitrogen and oxygen atoms in total. The van der Waals surface area contributed by atoms with Crippen molar-refractivity contribution in [2.75, 3.05) is 39.3 Å². The average molecular weight is 394 g/mol. The Bertz CT molecular complexity index is 825. The highest BCUT2D eigenvalue weighted by Gasteiger charge is 2.23. The Morgan fingerprint density at radius 3 is 2.52 bits per heavy atom. The summed E-state index contributed by atoms with van der Waals surface area (Å²) in [5.74, 6) is 0.315. The second-order valence-electron chi connectivity index (χ2n) is 6.98. The summed E-state index contributed by atoms with van der Waals surface area (Å²) in [6.45, 7) is 6.30. The maximum Gasteiger partial charge on any atom is 0.407 e. The van der Waals surface area contributed by atoms with Crippen molar-refractivity contribution in [2.45, 2.75) is 26.4 Å². The predicted molar refractivity (Wildman–Crippen MR) is 107 cm³/mol. The Hall–Kier alpha value is -2.48. The highest BCUT2D eigenvalue weighted by atomic mass is 32.1. The van der Waals surface area contributed by atoms with Crippen LogP contribution in [0, 0.1) is 0 Å². The summed E-state index contributed by atoms with van der Waals surface area (Å²) in [7, 11) is 4.83. The highest BCUT2D eigenvalue weighted by Crippen LogP contribution is 2.40. The normalized spacial score (nSPS) is 11.2. The van der Waals surface area contributed by atoms with Crippen LogP contribution in [-0.2, 0) is 9.47 Å². The Labute approximate surface area is 163 Å². The van der Waals surface area contributed by atoms with Gasteiger partial charge in [0.05, 0.1) is 19.9 Å². The average Bonchev–Trinajstić information content (AvgIpc) is 2.97. The van der Waals surface area contributed by atoms with Crippen molar-refractivity contribution in [3.05, 3.63) is 23.1 Å². The number of thiophene rings is 1. The number of nitrogens with zero attached hydrogens (tertiary/aromatic N) is 1. The molecule has 0 aliphatic heterocycles. The predicted octanol–water partition coefficient (Wildman–Crippen LogP) is 3.66. The molecule has 0 bridgehead atoms. The molecule has 1 aromatic heterocycles. The second kappa shape index (κ2) is 8.47. The molecule has 0 unspecified atom stereocenters. The fraction of sp³-hybridized carbons (Fsp3) is 0.474. The van der Waals surface area contributed by atoms with Crippen molar-refractivity contribution in [3.63, 3.8) is 0 Å². The third-order valence-corrected chi connectivity index (χ3v) is 4.88. The molecule has 0 saturated carbocycles. The topological polar surface area (TPSA) is 77.1 Å². The Morgan fingerprint density at radius 1 is 1.22 bits per heavy atom. The van der Waals surface area contributed by atoms with Crippen LogP contribution in [0.3, 0.4) is 0 Å². The first kappa shape index (κ1) is 20.8. The first-order valence-corrected chi connectivity index (χ1v) is 9.34. The number of nitrogens with one attached hydrogen (secondary N) is 1. The zero-order chi connectivity index (χ0) is 20.2. The van der Waals surface area contributed by atoms with Gasteiger partial charge in [-0.15, -0.1) is 11.3 Å². The van der Waals surface area contributed by atoms with Gasteiger partial charge in [0.25, 0.3) is 0 Å². The number of anilines is 1. The van der Waals surface area contributed by atoms with Crippen LogP contribution in [-0.4, -0.2) is 52.0 Å². The minimum atomic E-state index is -0.547. The summed E-state index contributed by atoms with van der Waals surface area (Å²) >= 11 is 1.37. The molecule has 0 fully saturated rings. The van der Waals surface area contributed by atoms with Crippen LogP contribution >= 0.6 is 11.3 Å². The van der Waals surface area contributed by atoms with Crippen molar-refractivity contribution in [1.82, 2.24) is 5.32 Å². The number of likely N-dealkylation sites (N-methyl/N-ethyl adjacent to an activating group) is 1. The maximum absolute atomic E-state index is 12.2. The summed E-state index contributed by atoms with van der Waals surface area (Å²) in [6, 6.07) is 5.67. The van der Waals surface area contributed by atoms with Crippen molar-refractivity contribution >= 4 is 39.2 Å². The van der Waals surface area contributed by atoms with Gasteiger partial charge in [0.2, 0.25) is 0 Å². The number of hydrogen-bond acceptors (Lipinski definition) is 7. The van der Waals surface area contributed by atoms with Crippen molar-refractivity contribution in [1.29, 1.82) is 0 Å². The van der Waals surface area contributed by atoms with E-state index in [4.69, 9.17) is 14.2 Å². The molecular formula is C19H26N2O5S. The fourth-order valence-corrected chi connectivity index (χ4v) is 3.70. The molecule has 0 saturated heterocycles. The molecule has 0 spiro atoms. The first-order valence-electron chi connectivity index (χ1n) is 8.53. The summed E-state index contributed by atoms with van der Waals surface area (Å²) in [4.78, 5) is 26.5. The lowest BCUT2D eigenvalue weighted by atomic mass is 10.2. The van der Waals surface area contributed by atoms with E-state index in [-0.39, 0.29) is 0 Å². The van der Waals surface area contributed by atoms with Gasteiger partial charge < -0.3 is 24.4 Å². The zero-order valence-corrected chi connectivity index (χ0v) is 17.4. The largest absolute Gasteiger partial charge is 0.497 e. The number of methoxy groups -OCH3 is 2. The number of fused-ring (bicyclic) bond motifs is 1. The van der Waals surface area contributed by atoms with Crippen LogP contribution in [0.1, 0.15) is 30.4 Å². The van der Waals surface area contributed by atoms with E-state index in [0.717, 1.165) is 15.8 Å². The number of hydrogen-bond donors (Lipinski definition) is 1. The highest BCUT2D eigenvalue weighted by molar-refractivity contribution is 7.21. The molecule has 0 atom stereocenters. The lowest BCUT2D eigenvalue weighted by Crippen LogP contribution is -2.37. The number of carbonyl (C=O) groups is 2. The molecule has 2 rings (SSSR count). The third kappa shape index (κ3) is 5.26. The maximum atomic E-state index is 12.2. The van der Waals surface area contributed by atoms with Crippen LogP contribution in [0.2, 0.25) is 0 Å².